The van der Waals surface area contributed by atoms with Crippen molar-refractivity contribution < 1.29 is 19.9 Å². The third kappa shape index (κ3) is 5.27. The Morgan fingerprint density at radius 1 is 1.00 bits per heavy atom. The number of hydrogen-bond donors (Lipinski definition) is 2. The number of nitrogens with two attached hydrogens (primary N) is 1. The first-order chi connectivity index (χ1) is 11.0. The molecular weight excluding hydrogens is 290 g/mol. The molecule has 0 heterocycles. The normalized spacial score (nSPS) is 11.3. The number of rotatable bonds is 8. The monoisotopic (exact) mass is 316 g/mol. The van der Waals surface area contributed by atoms with Gasteiger partial charge >= 0.3 is 0 Å². The lowest BCUT2D eigenvalue weighted by molar-refractivity contribution is -0.736. The third-order valence-electron chi connectivity index (χ3n) is 3.76. The fourth-order valence-corrected chi connectivity index (χ4v) is 2.15. The van der Waals surface area contributed by atoms with Crippen molar-refractivity contribution in [3.05, 3.63) is 59.7 Å². The standard InChI is InChI=1S/C19H25NO3/c1-19(2,14-21)20-12-16-9-10-17(18(11-16)22-3)23-13-15-7-5-4-6-8-15/h4-11,20-21H,12-14H2,1-3H3/p+1. The van der Waals surface area contributed by atoms with Crippen LogP contribution in [-0.4, -0.2) is 24.4 Å². The zero-order chi connectivity index (χ0) is 16.7. The summed E-state index contributed by atoms with van der Waals surface area (Å²) in [6.07, 6.45) is 0. The number of ether oxygens (including phenoxy) is 2. The van der Waals surface area contributed by atoms with Gasteiger partial charge in [-0.1, -0.05) is 30.3 Å². The minimum Gasteiger partial charge on any atom is -0.493 e. The highest BCUT2D eigenvalue weighted by Gasteiger charge is 2.19. The van der Waals surface area contributed by atoms with Crippen LogP contribution in [0.25, 0.3) is 0 Å². The summed E-state index contributed by atoms with van der Waals surface area (Å²) in [4.78, 5) is 0. The van der Waals surface area contributed by atoms with Crippen molar-refractivity contribution in [2.24, 2.45) is 0 Å². The lowest BCUT2D eigenvalue weighted by atomic mass is 10.1. The number of aliphatic hydroxyl groups is 1. The number of methoxy groups -OCH3 is 1. The Kier molecular flexibility index (Phi) is 6.02. The molecule has 0 amide bonds. The summed E-state index contributed by atoms with van der Waals surface area (Å²) in [6.45, 7) is 5.47. The van der Waals surface area contributed by atoms with Gasteiger partial charge < -0.3 is 19.9 Å². The van der Waals surface area contributed by atoms with Gasteiger partial charge in [0, 0.05) is 5.56 Å². The van der Waals surface area contributed by atoms with Crippen LogP contribution in [0, 0.1) is 0 Å². The zero-order valence-electron chi connectivity index (χ0n) is 14.1. The molecule has 0 saturated carbocycles. The van der Waals surface area contributed by atoms with Crippen LogP contribution >= 0.6 is 0 Å². The lowest BCUT2D eigenvalue weighted by Crippen LogP contribution is -2.95. The second-order valence-corrected chi connectivity index (χ2v) is 6.31. The maximum atomic E-state index is 9.32. The van der Waals surface area contributed by atoms with Gasteiger partial charge in [-0.2, -0.15) is 0 Å². The molecule has 0 unspecified atom stereocenters. The van der Waals surface area contributed by atoms with Crippen LogP contribution in [-0.2, 0) is 13.2 Å². The van der Waals surface area contributed by atoms with E-state index in [4.69, 9.17) is 9.47 Å². The lowest BCUT2D eigenvalue weighted by Gasteiger charge is -2.20. The maximum absolute atomic E-state index is 9.32. The second kappa shape index (κ2) is 7.99. The number of benzene rings is 2. The molecule has 4 heteroatoms. The van der Waals surface area contributed by atoms with Crippen LogP contribution in [0.3, 0.4) is 0 Å². The summed E-state index contributed by atoms with van der Waals surface area (Å²) in [5.74, 6) is 1.47. The van der Waals surface area contributed by atoms with Crippen molar-refractivity contribution in [1.82, 2.24) is 0 Å². The Hall–Kier alpha value is -2.04. The van der Waals surface area contributed by atoms with Gasteiger partial charge in [-0.3, -0.25) is 0 Å². The van der Waals surface area contributed by atoms with Crippen molar-refractivity contribution in [2.75, 3.05) is 13.7 Å². The predicted molar refractivity (Wildman–Crippen MR) is 90.6 cm³/mol. The molecule has 2 aromatic rings. The smallest absolute Gasteiger partial charge is 0.161 e. The first kappa shape index (κ1) is 17.3. The van der Waals surface area contributed by atoms with Gasteiger partial charge in [0.1, 0.15) is 18.7 Å². The Morgan fingerprint density at radius 2 is 1.74 bits per heavy atom. The molecule has 2 aromatic carbocycles. The summed E-state index contributed by atoms with van der Waals surface area (Å²) in [5, 5.41) is 11.4. The highest BCUT2D eigenvalue weighted by atomic mass is 16.5. The molecule has 2 rings (SSSR count). The highest BCUT2D eigenvalue weighted by molar-refractivity contribution is 5.42. The Labute approximate surface area is 138 Å². The maximum Gasteiger partial charge on any atom is 0.161 e. The largest absolute Gasteiger partial charge is 0.493 e. The summed E-state index contributed by atoms with van der Waals surface area (Å²) < 4.78 is 11.3. The SMILES string of the molecule is COc1cc(C[NH2+]C(C)(C)CO)ccc1OCc1ccccc1. The molecule has 0 bridgehead atoms. The number of aliphatic hydroxyl groups excluding tert-OH is 1. The van der Waals surface area contributed by atoms with Crippen LogP contribution in [0.15, 0.2) is 48.5 Å². The minimum absolute atomic E-state index is 0.141. The number of hydrogen-bond acceptors (Lipinski definition) is 3. The van der Waals surface area contributed by atoms with E-state index < -0.39 is 0 Å². The quantitative estimate of drug-likeness (QED) is 0.784. The van der Waals surface area contributed by atoms with Gasteiger partial charge in [0.05, 0.1) is 13.7 Å². The Morgan fingerprint density at radius 3 is 2.39 bits per heavy atom. The first-order valence-corrected chi connectivity index (χ1v) is 7.83. The zero-order valence-corrected chi connectivity index (χ0v) is 14.1. The van der Waals surface area contributed by atoms with Crippen molar-refractivity contribution in [3.63, 3.8) is 0 Å². The molecule has 124 valence electrons. The molecule has 0 aromatic heterocycles. The predicted octanol–water partition coefficient (Wildman–Crippen LogP) is 2.11. The van der Waals surface area contributed by atoms with E-state index in [9.17, 15) is 5.11 Å². The molecule has 23 heavy (non-hydrogen) atoms. The van der Waals surface area contributed by atoms with Crippen molar-refractivity contribution in [3.8, 4) is 11.5 Å². The third-order valence-corrected chi connectivity index (χ3v) is 3.76. The van der Waals surface area contributed by atoms with Gasteiger partial charge in [0.15, 0.2) is 11.5 Å². The molecule has 0 saturated heterocycles. The van der Waals surface area contributed by atoms with E-state index in [2.05, 4.69) is 5.32 Å². The van der Waals surface area contributed by atoms with E-state index in [1.807, 2.05) is 62.4 Å². The van der Waals surface area contributed by atoms with Crippen LogP contribution in [0.4, 0.5) is 0 Å². The van der Waals surface area contributed by atoms with Crippen LogP contribution in [0.5, 0.6) is 11.5 Å². The molecule has 0 radical (unpaired) electrons. The van der Waals surface area contributed by atoms with Crippen molar-refractivity contribution >= 4 is 0 Å². The Bertz CT molecular complexity index is 611. The summed E-state index contributed by atoms with van der Waals surface area (Å²) in [5.41, 5.74) is 2.07. The Balaban J connectivity index is 2.01. The molecular formula is C19H26NO3+. The molecule has 4 nitrogen and oxygen atoms in total. The van der Waals surface area contributed by atoms with Gasteiger partial charge in [0.25, 0.3) is 0 Å². The van der Waals surface area contributed by atoms with Crippen molar-refractivity contribution in [1.29, 1.82) is 0 Å². The summed E-state index contributed by atoms with van der Waals surface area (Å²) in [7, 11) is 1.65. The van der Waals surface area contributed by atoms with Crippen LogP contribution in [0.2, 0.25) is 0 Å². The molecule has 3 N–H and O–H groups in total. The summed E-state index contributed by atoms with van der Waals surface area (Å²) >= 11 is 0. The first-order valence-electron chi connectivity index (χ1n) is 7.83. The average Bonchev–Trinajstić information content (AvgIpc) is 2.59. The molecule has 0 spiro atoms. The molecule has 0 aliphatic carbocycles. The fraction of sp³-hybridized carbons (Fsp3) is 0.368. The number of quaternary nitrogens is 1. The van der Waals surface area contributed by atoms with E-state index in [-0.39, 0.29) is 12.1 Å². The summed E-state index contributed by atoms with van der Waals surface area (Å²) in [6, 6.07) is 16.0. The minimum atomic E-state index is -0.185. The second-order valence-electron chi connectivity index (χ2n) is 6.31. The highest BCUT2D eigenvalue weighted by Crippen LogP contribution is 2.28. The molecule has 0 aliphatic heterocycles. The van der Waals surface area contributed by atoms with E-state index in [1.54, 1.807) is 7.11 Å². The van der Waals surface area contributed by atoms with Gasteiger partial charge in [0.2, 0.25) is 0 Å². The van der Waals surface area contributed by atoms with E-state index in [0.29, 0.717) is 6.61 Å². The molecule has 0 fully saturated rings. The van der Waals surface area contributed by atoms with Crippen LogP contribution in [0.1, 0.15) is 25.0 Å². The van der Waals surface area contributed by atoms with Gasteiger partial charge in [-0.15, -0.1) is 0 Å². The van der Waals surface area contributed by atoms with E-state index >= 15 is 0 Å². The van der Waals surface area contributed by atoms with Gasteiger partial charge in [-0.25, -0.2) is 0 Å². The van der Waals surface area contributed by atoms with Crippen molar-refractivity contribution in [2.45, 2.75) is 32.5 Å². The molecule has 0 atom stereocenters. The molecule has 0 aliphatic rings. The van der Waals surface area contributed by atoms with E-state index in [0.717, 1.165) is 29.2 Å². The van der Waals surface area contributed by atoms with Gasteiger partial charge in [-0.05, 0) is 37.6 Å². The van der Waals surface area contributed by atoms with Crippen LogP contribution < -0.4 is 14.8 Å². The topological polar surface area (TPSA) is 55.3 Å². The average molecular weight is 316 g/mol. The fourth-order valence-electron chi connectivity index (χ4n) is 2.15. The van der Waals surface area contributed by atoms with E-state index in [1.165, 1.54) is 0 Å².